The van der Waals surface area contributed by atoms with Gasteiger partial charge in [-0.25, -0.2) is 9.97 Å². The molecule has 5 rings (SSSR count). The highest BCUT2D eigenvalue weighted by Crippen LogP contribution is 2.40. The Kier molecular flexibility index (Phi) is 7.62. The fourth-order valence-corrected chi connectivity index (χ4v) is 4.91. The molecule has 9 heteroatoms. The number of benzene rings is 2. The molecule has 3 heterocycles. The first-order valence-electron chi connectivity index (χ1n) is 12.0. The summed E-state index contributed by atoms with van der Waals surface area (Å²) >= 11 is 12.7. The van der Waals surface area contributed by atoms with Crippen LogP contribution < -0.4 is 4.74 Å². The van der Waals surface area contributed by atoms with Crippen molar-refractivity contribution in [2.75, 3.05) is 13.2 Å². The molecule has 2 aromatic heterocycles. The molecule has 2 atom stereocenters. The summed E-state index contributed by atoms with van der Waals surface area (Å²) in [5, 5.41) is 1.04. The van der Waals surface area contributed by atoms with E-state index in [4.69, 9.17) is 37.4 Å². The second-order valence-electron chi connectivity index (χ2n) is 8.82. The molecular weight excluding hydrogens is 499 g/mol. The van der Waals surface area contributed by atoms with Crippen molar-refractivity contribution in [2.45, 2.75) is 44.7 Å². The van der Waals surface area contributed by atoms with Crippen molar-refractivity contribution < 1.29 is 14.2 Å². The van der Waals surface area contributed by atoms with Crippen LogP contribution in [0.5, 0.6) is 5.75 Å². The Morgan fingerprint density at radius 1 is 1.11 bits per heavy atom. The van der Waals surface area contributed by atoms with Gasteiger partial charge in [-0.1, -0.05) is 42.6 Å². The van der Waals surface area contributed by atoms with Gasteiger partial charge in [0.2, 0.25) is 5.79 Å². The summed E-state index contributed by atoms with van der Waals surface area (Å²) in [6.45, 7) is 4.24. The number of nitrogens with zero attached hydrogens (tertiary/aromatic N) is 4. The van der Waals surface area contributed by atoms with Gasteiger partial charge in [-0.05, 0) is 42.8 Å². The Bertz CT molecular complexity index is 1280. The second-order valence-corrected chi connectivity index (χ2v) is 9.67. The van der Waals surface area contributed by atoms with Gasteiger partial charge in [0, 0.05) is 35.1 Å². The lowest BCUT2D eigenvalue weighted by Crippen LogP contribution is -2.34. The number of imidazole rings is 2. The molecule has 0 N–H and O–H groups in total. The second kappa shape index (κ2) is 11.0. The Hall–Kier alpha value is -2.84. The van der Waals surface area contributed by atoms with Gasteiger partial charge < -0.3 is 23.3 Å². The van der Waals surface area contributed by atoms with Crippen LogP contribution in [-0.4, -0.2) is 38.4 Å². The molecule has 0 aliphatic carbocycles. The number of ether oxygens (including phenoxy) is 3. The van der Waals surface area contributed by atoms with E-state index in [9.17, 15) is 0 Å². The minimum Gasteiger partial charge on any atom is -0.491 e. The standard InChI is InChI=1S/C27H28Cl2N4O3/c1-2-3-11-33-19-31-14-26(33)20-4-7-22(8-5-20)34-15-23-16-35-27(36-23,17-32-12-10-30-18-32)24-9-6-21(28)13-25(24)29/h4-10,12-14,18-19,23H,2-3,11,15-17H2,1H3. The van der Waals surface area contributed by atoms with Gasteiger partial charge >= 0.3 is 0 Å². The van der Waals surface area contributed by atoms with Crippen LogP contribution in [0.1, 0.15) is 25.3 Å². The maximum Gasteiger partial charge on any atom is 0.215 e. The molecule has 1 fully saturated rings. The van der Waals surface area contributed by atoms with Gasteiger partial charge in [0.15, 0.2) is 0 Å². The smallest absolute Gasteiger partial charge is 0.215 e. The van der Waals surface area contributed by atoms with E-state index in [0.29, 0.717) is 35.4 Å². The third-order valence-corrected chi connectivity index (χ3v) is 6.75. The fourth-order valence-electron chi connectivity index (χ4n) is 4.35. The zero-order chi connectivity index (χ0) is 25.0. The number of hydrogen-bond acceptors (Lipinski definition) is 5. The Labute approximate surface area is 220 Å². The van der Waals surface area contributed by atoms with E-state index in [0.717, 1.165) is 36.4 Å². The molecule has 1 aliphatic rings. The molecule has 2 unspecified atom stereocenters. The topological polar surface area (TPSA) is 63.3 Å². The first-order valence-corrected chi connectivity index (χ1v) is 12.8. The average molecular weight is 527 g/mol. The Morgan fingerprint density at radius 2 is 1.97 bits per heavy atom. The largest absolute Gasteiger partial charge is 0.491 e. The molecule has 0 spiro atoms. The number of aromatic nitrogens is 4. The first kappa shape index (κ1) is 24.8. The molecule has 0 amide bonds. The van der Waals surface area contributed by atoms with Gasteiger partial charge in [-0.3, -0.25) is 0 Å². The van der Waals surface area contributed by atoms with Crippen molar-refractivity contribution in [2.24, 2.45) is 0 Å². The maximum absolute atomic E-state index is 6.55. The number of aryl methyl sites for hydroxylation is 1. The average Bonchev–Trinajstić information content (AvgIpc) is 3.64. The van der Waals surface area contributed by atoms with Gasteiger partial charge in [0.25, 0.3) is 0 Å². The lowest BCUT2D eigenvalue weighted by Gasteiger charge is -2.30. The van der Waals surface area contributed by atoms with E-state index in [1.165, 1.54) is 0 Å². The molecule has 1 aliphatic heterocycles. The molecule has 2 aromatic carbocycles. The highest BCUT2D eigenvalue weighted by atomic mass is 35.5. The highest BCUT2D eigenvalue weighted by molar-refractivity contribution is 6.35. The van der Waals surface area contributed by atoms with Crippen LogP contribution in [-0.2, 0) is 28.4 Å². The predicted molar refractivity (Wildman–Crippen MR) is 139 cm³/mol. The summed E-state index contributed by atoms with van der Waals surface area (Å²) in [6.07, 6.45) is 11.1. The molecule has 1 saturated heterocycles. The van der Waals surface area contributed by atoms with Crippen molar-refractivity contribution >= 4 is 23.2 Å². The summed E-state index contributed by atoms with van der Waals surface area (Å²) in [7, 11) is 0. The number of halogens is 2. The van der Waals surface area contributed by atoms with Crippen molar-refractivity contribution in [3.05, 3.63) is 89.3 Å². The van der Waals surface area contributed by atoms with Crippen LogP contribution in [0.3, 0.4) is 0 Å². The summed E-state index contributed by atoms with van der Waals surface area (Å²) in [5.74, 6) is -0.310. The molecule has 7 nitrogen and oxygen atoms in total. The van der Waals surface area contributed by atoms with E-state index >= 15 is 0 Å². The van der Waals surface area contributed by atoms with E-state index in [1.54, 1.807) is 24.7 Å². The van der Waals surface area contributed by atoms with E-state index < -0.39 is 5.79 Å². The SMILES string of the molecule is CCCCn1cncc1-c1ccc(OCC2COC(Cn3ccnc3)(c3ccc(Cl)cc3Cl)O2)cc1. The third kappa shape index (κ3) is 5.44. The summed E-state index contributed by atoms with van der Waals surface area (Å²) in [6, 6.07) is 13.4. The summed E-state index contributed by atoms with van der Waals surface area (Å²) < 4.78 is 22.9. The van der Waals surface area contributed by atoms with Gasteiger partial charge in [-0.15, -0.1) is 0 Å². The van der Waals surface area contributed by atoms with Gasteiger partial charge in [0.05, 0.1) is 42.7 Å². The monoisotopic (exact) mass is 526 g/mol. The molecule has 0 radical (unpaired) electrons. The van der Waals surface area contributed by atoms with Crippen molar-refractivity contribution in [1.82, 2.24) is 19.1 Å². The van der Waals surface area contributed by atoms with Crippen LogP contribution in [0, 0.1) is 0 Å². The first-order chi connectivity index (χ1) is 17.6. The minimum atomic E-state index is -1.07. The van der Waals surface area contributed by atoms with Crippen LogP contribution in [0.4, 0.5) is 0 Å². The zero-order valence-corrected chi connectivity index (χ0v) is 21.5. The van der Waals surface area contributed by atoms with Crippen molar-refractivity contribution in [3.63, 3.8) is 0 Å². The van der Waals surface area contributed by atoms with Crippen LogP contribution in [0.25, 0.3) is 11.3 Å². The zero-order valence-electron chi connectivity index (χ0n) is 20.0. The van der Waals surface area contributed by atoms with Crippen molar-refractivity contribution in [3.8, 4) is 17.0 Å². The van der Waals surface area contributed by atoms with E-state index in [2.05, 4.69) is 33.6 Å². The van der Waals surface area contributed by atoms with E-state index in [1.807, 2.05) is 41.5 Å². The quantitative estimate of drug-likeness (QED) is 0.246. The van der Waals surface area contributed by atoms with Crippen LogP contribution >= 0.6 is 23.2 Å². The van der Waals surface area contributed by atoms with Crippen molar-refractivity contribution in [1.29, 1.82) is 0 Å². The Balaban J connectivity index is 1.26. The third-order valence-electron chi connectivity index (χ3n) is 6.20. The number of hydrogen-bond donors (Lipinski definition) is 0. The summed E-state index contributed by atoms with van der Waals surface area (Å²) in [4.78, 5) is 8.45. The molecular formula is C27H28Cl2N4O3. The molecule has 36 heavy (non-hydrogen) atoms. The summed E-state index contributed by atoms with van der Waals surface area (Å²) in [5.41, 5.74) is 2.92. The number of rotatable bonds is 10. The lowest BCUT2D eigenvalue weighted by molar-refractivity contribution is -0.189. The predicted octanol–water partition coefficient (Wildman–Crippen LogP) is 6.20. The van der Waals surface area contributed by atoms with E-state index in [-0.39, 0.29) is 6.10 Å². The van der Waals surface area contributed by atoms with Crippen LogP contribution in [0.15, 0.2) is 73.7 Å². The highest BCUT2D eigenvalue weighted by Gasteiger charge is 2.45. The molecule has 4 aromatic rings. The molecule has 0 bridgehead atoms. The maximum atomic E-state index is 6.55. The lowest BCUT2D eigenvalue weighted by atomic mass is 10.1. The molecule has 188 valence electrons. The molecule has 0 saturated carbocycles. The normalized spacial score (nSPS) is 19.6. The van der Waals surface area contributed by atoms with Crippen LogP contribution in [0.2, 0.25) is 10.0 Å². The Morgan fingerprint density at radius 3 is 2.72 bits per heavy atom. The minimum absolute atomic E-state index is 0.282. The van der Waals surface area contributed by atoms with Gasteiger partial charge in [0.1, 0.15) is 18.5 Å². The van der Waals surface area contributed by atoms with Gasteiger partial charge in [-0.2, -0.15) is 0 Å². The fraction of sp³-hybridized carbons (Fsp3) is 0.333. The number of unbranched alkanes of at least 4 members (excludes halogenated alkanes) is 1.